The van der Waals surface area contributed by atoms with Gasteiger partial charge in [0.25, 0.3) is 0 Å². The van der Waals surface area contributed by atoms with Gasteiger partial charge in [-0.1, -0.05) is 0 Å². The average molecular weight is 166 g/mol. The zero-order valence-corrected chi connectivity index (χ0v) is 5.62. The van der Waals surface area contributed by atoms with E-state index in [4.69, 9.17) is 20.6 Å². The largest absolute Gasteiger partial charge is 0.387 e. The van der Waals surface area contributed by atoms with Crippen LogP contribution in [0.15, 0.2) is 0 Å². The van der Waals surface area contributed by atoms with Crippen molar-refractivity contribution in [3.05, 3.63) is 0 Å². The molecule has 0 aromatic rings. The van der Waals surface area contributed by atoms with Crippen LogP contribution in [0.3, 0.4) is 0 Å². The molecule has 1 aliphatic heterocycles. The van der Waals surface area contributed by atoms with E-state index < -0.39 is 24.6 Å². The standard InChI is InChI=1S/C5H10O6/c6-3-2(1-10-9)11-5(8)4(3)7/h2-9H,1H2/t2-,3-,4-,5+/m0/s1. The molecule has 4 atom stereocenters. The first-order chi connectivity index (χ1) is 5.16. The van der Waals surface area contributed by atoms with E-state index in [1.165, 1.54) is 0 Å². The Morgan fingerprint density at radius 3 is 2.18 bits per heavy atom. The molecule has 0 aromatic heterocycles. The van der Waals surface area contributed by atoms with E-state index in [0.29, 0.717) is 0 Å². The fourth-order valence-electron chi connectivity index (χ4n) is 0.940. The molecule has 1 saturated heterocycles. The molecular weight excluding hydrogens is 156 g/mol. The van der Waals surface area contributed by atoms with Gasteiger partial charge in [0.2, 0.25) is 0 Å². The van der Waals surface area contributed by atoms with Crippen LogP contribution in [-0.2, 0) is 9.62 Å². The van der Waals surface area contributed by atoms with Crippen molar-refractivity contribution in [3.63, 3.8) is 0 Å². The summed E-state index contributed by atoms with van der Waals surface area (Å²) in [5.74, 6) is 0. The minimum absolute atomic E-state index is 0.282. The van der Waals surface area contributed by atoms with Gasteiger partial charge in [-0.25, -0.2) is 4.89 Å². The molecule has 0 bridgehead atoms. The molecule has 6 heteroatoms. The van der Waals surface area contributed by atoms with Crippen molar-refractivity contribution >= 4 is 0 Å². The first kappa shape index (κ1) is 8.85. The lowest BCUT2D eigenvalue weighted by molar-refractivity contribution is -0.267. The van der Waals surface area contributed by atoms with Crippen LogP contribution in [0.25, 0.3) is 0 Å². The van der Waals surface area contributed by atoms with Crippen LogP contribution in [-0.4, -0.2) is 51.8 Å². The predicted octanol–water partition coefficient (Wildman–Crippen LogP) is -2.08. The number of ether oxygens (including phenoxy) is 1. The van der Waals surface area contributed by atoms with E-state index in [2.05, 4.69) is 9.62 Å². The number of hydrogen-bond donors (Lipinski definition) is 4. The summed E-state index contributed by atoms with van der Waals surface area (Å²) in [7, 11) is 0. The van der Waals surface area contributed by atoms with E-state index in [1.807, 2.05) is 0 Å². The molecule has 0 spiro atoms. The van der Waals surface area contributed by atoms with Gasteiger partial charge in [-0.3, -0.25) is 5.26 Å². The molecule has 1 aliphatic rings. The summed E-state index contributed by atoms with van der Waals surface area (Å²) < 4.78 is 4.60. The highest BCUT2D eigenvalue weighted by Gasteiger charge is 2.41. The molecule has 0 amide bonds. The topological polar surface area (TPSA) is 99.4 Å². The van der Waals surface area contributed by atoms with Crippen LogP contribution < -0.4 is 0 Å². The predicted molar refractivity (Wildman–Crippen MR) is 31.5 cm³/mol. The second-order valence-electron chi connectivity index (χ2n) is 2.34. The van der Waals surface area contributed by atoms with Gasteiger partial charge in [-0.2, -0.15) is 0 Å². The highest BCUT2D eigenvalue weighted by Crippen LogP contribution is 2.19. The first-order valence-corrected chi connectivity index (χ1v) is 3.13. The minimum atomic E-state index is -1.41. The SMILES string of the molecule is OOC[C@@H]1O[C@@H](O)[C@@H](O)[C@H]1O. The van der Waals surface area contributed by atoms with Gasteiger partial charge in [0, 0.05) is 0 Å². The molecule has 6 nitrogen and oxygen atoms in total. The fourth-order valence-corrected chi connectivity index (χ4v) is 0.940. The Balaban J connectivity index is 2.45. The third-order valence-corrected chi connectivity index (χ3v) is 1.58. The Labute approximate surface area is 62.5 Å². The van der Waals surface area contributed by atoms with Gasteiger partial charge >= 0.3 is 0 Å². The third kappa shape index (κ3) is 1.67. The Bertz CT molecular complexity index is 128. The molecule has 0 aromatic carbocycles. The molecule has 1 rings (SSSR count). The van der Waals surface area contributed by atoms with Gasteiger partial charge in [-0.15, -0.1) is 0 Å². The first-order valence-electron chi connectivity index (χ1n) is 3.13. The number of rotatable bonds is 2. The minimum Gasteiger partial charge on any atom is -0.387 e. The summed E-state index contributed by atoms with van der Waals surface area (Å²) in [6.07, 6.45) is -4.86. The van der Waals surface area contributed by atoms with Crippen LogP contribution in [0.2, 0.25) is 0 Å². The van der Waals surface area contributed by atoms with Crippen LogP contribution >= 0.6 is 0 Å². The molecular formula is C5H10O6. The normalized spacial score (nSPS) is 44.7. The summed E-state index contributed by atoms with van der Waals surface area (Å²) in [6.45, 7) is -0.282. The van der Waals surface area contributed by atoms with Gasteiger partial charge in [0.1, 0.15) is 24.9 Å². The van der Waals surface area contributed by atoms with Gasteiger partial charge in [0.15, 0.2) is 6.29 Å². The summed E-state index contributed by atoms with van der Waals surface area (Å²) >= 11 is 0. The summed E-state index contributed by atoms with van der Waals surface area (Å²) in [6, 6.07) is 0. The third-order valence-electron chi connectivity index (χ3n) is 1.58. The average Bonchev–Trinajstić information content (AvgIpc) is 2.19. The zero-order valence-electron chi connectivity index (χ0n) is 5.62. The van der Waals surface area contributed by atoms with Crippen LogP contribution in [0.1, 0.15) is 0 Å². The Morgan fingerprint density at radius 1 is 1.18 bits per heavy atom. The highest BCUT2D eigenvalue weighted by molar-refractivity contribution is 4.85. The van der Waals surface area contributed by atoms with Gasteiger partial charge in [-0.05, 0) is 0 Å². The maximum absolute atomic E-state index is 9.03. The maximum atomic E-state index is 9.03. The second-order valence-corrected chi connectivity index (χ2v) is 2.34. The lowest BCUT2D eigenvalue weighted by atomic mass is 10.1. The second kappa shape index (κ2) is 3.44. The Morgan fingerprint density at radius 2 is 1.82 bits per heavy atom. The van der Waals surface area contributed by atoms with E-state index >= 15 is 0 Å². The van der Waals surface area contributed by atoms with Crippen LogP contribution in [0, 0.1) is 0 Å². The van der Waals surface area contributed by atoms with Crippen molar-refractivity contribution in [3.8, 4) is 0 Å². The van der Waals surface area contributed by atoms with Crippen molar-refractivity contribution in [1.82, 2.24) is 0 Å². The number of aliphatic hydroxyl groups is 3. The Kier molecular flexibility index (Phi) is 2.77. The lowest BCUT2D eigenvalue weighted by Crippen LogP contribution is -2.34. The molecule has 66 valence electrons. The van der Waals surface area contributed by atoms with Crippen molar-refractivity contribution in [2.75, 3.05) is 6.61 Å². The van der Waals surface area contributed by atoms with Crippen molar-refractivity contribution < 1.29 is 30.2 Å². The molecule has 1 heterocycles. The molecule has 0 radical (unpaired) electrons. The van der Waals surface area contributed by atoms with E-state index in [1.54, 1.807) is 0 Å². The lowest BCUT2D eigenvalue weighted by Gasteiger charge is -2.10. The molecule has 0 unspecified atom stereocenters. The molecule has 1 fully saturated rings. The molecule has 0 saturated carbocycles. The van der Waals surface area contributed by atoms with Crippen molar-refractivity contribution in [2.45, 2.75) is 24.6 Å². The van der Waals surface area contributed by atoms with Crippen LogP contribution in [0.5, 0.6) is 0 Å². The van der Waals surface area contributed by atoms with E-state index in [0.717, 1.165) is 0 Å². The fraction of sp³-hybridized carbons (Fsp3) is 1.00. The van der Waals surface area contributed by atoms with Gasteiger partial charge in [0.05, 0.1) is 0 Å². The number of aliphatic hydroxyl groups excluding tert-OH is 3. The van der Waals surface area contributed by atoms with E-state index in [9.17, 15) is 0 Å². The van der Waals surface area contributed by atoms with E-state index in [-0.39, 0.29) is 6.61 Å². The quantitative estimate of drug-likeness (QED) is 0.277. The zero-order chi connectivity index (χ0) is 8.43. The van der Waals surface area contributed by atoms with Crippen molar-refractivity contribution in [1.29, 1.82) is 0 Å². The smallest absolute Gasteiger partial charge is 0.184 e. The van der Waals surface area contributed by atoms with Crippen LogP contribution in [0.4, 0.5) is 0 Å². The van der Waals surface area contributed by atoms with Crippen molar-refractivity contribution in [2.24, 2.45) is 0 Å². The monoisotopic (exact) mass is 166 g/mol. The Hall–Kier alpha value is -0.240. The highest BCUT2D eigenvalue weighted by atomic mass is 17.1. The number of hydrogen-bond acceptors (Lipinski definition) is 6. The maximum Gasteiger partial charge on any atom is 0.184 e. The summed E-state index contributed by atoms with van der Waals surface area (Å²) in [4.78, 5) is 3.69. The summed E-state index contributed by atoms with van der Waals surface area (Å²) in [5, 5.41) is 34.7. The summed E-state index contributed by atoms with van der Waals surface area (Å²) in [5.41, 5.74) is 0. The molecule has 4 N–H and O–H groups in total. The molecule has 0 aliphatic carbocycles. The molecule has 11 heavy (non-hydrogen) atoms. The van der Waals surface area contributed by atoms with Gasteiger partial charge < -0.3 is 20.1 Å².